The van der Waals surface area contributed by atoms with Crippen molar-refractivity contribution in [1.29, 1.82) is 0 Å². The van der Waals surface area contributed by atoms with Crippen molar-refractivity contribution in [3.63, 3.8) is 0 Å². The van der Waals surface area contributed by atoms with Crippen LogP contribution in [0.2, 0.25) is 10.3 Å². The fourth-order valence-corrected chi connectivity index (χ4v) is 2.30. The van der Waals surface area contributed by atoms with Gasteiger partial charge in [0.15, 0.2) is 0 Å². The van der Waals surface area contributed by atoms with Gasteiger partial charge in [-0.2, -0.15) is 0 Å². The van der Waals surface area contributed by atoms with E-state index in [4.69, 9.17) is 23.2 Å². The van der Waals surface area contributed by atoms with Gasteiger partial charge in [-0.15, -0.1) is 0 Å². The van der Waals surface area contributed by atoms with E-state index in [1.54, 1.807) is 0 Å². The number of benzene rings is 1. The summed E-state index contributed by atoms with van der Waals surface area (Å²) in [6, 6.07) is 7.51. The predicted octanol–water partition coefficient (Wildman–Crippen LogP) is 3.13. The van der Waals surface area contributed by atoms with Crippen molar-refractivity contribution in [3.05, 3.63) is 45.8 Å². The summed E-state index contributed by atoms with van der Waals surface area (Å²) < 4.78 is 0. The zero-order chi connectivity index (χ0) is 12.5. The van der Waals surface area contributed by atoms with Gasteiger partial charge < -0.3 is 10.6 Å². The minimum absolute atomic E-state index is 0.243. The van der Waals surface area contributed by atoms with E-state index in [1.165, 1.54) is 0 Å². The molecule has 2 heterocycles. The lowest BCUT2D eigenvalue weighted by molar-refractivity contribution is 0.758. The summed E-state index contributed by atoms with van der Waals surface area (Å²) in [5, 5.41) is 7.32. The van der Waals surface area contributed by atoms with E-state index in [0.29, 0.717) is 10.8 Å². The standard InChI is InChI=1S/C12H10Cl2N4/c13-8-3-1-2-4-9(8)16-11-7-5-15-6-10(7)17-12(14)18-11/h1-4,15H,5-6H2,(H,16,17,18). The van der Waals surface area contributed by atoms with E-state index >= 15 is 0 Å². The van der Waals surface area contributed by atoms with Crippen LogP contribution >= 0.6 is 23.2 Å². The molecule has 0 saturated carbocycles. The molecule has 1 aromatic heterocycles. The lowest BCUT2D eigenvalue weighted by Gasteiger charge is -2.11. The fraction of sp³-hybridized carbons (Fsp3) is 0.167. The number of anilines is 2. The molecule has 0 saturated heterocycles. The molecule has 0 aliphatic carbocycles. The van der Waals surface area contributed by atoms with E-state index in [9.17, 15) is 0 Å². The van der Waals surface area contributed by atoms with Gasteiger partial charge in [-0.05, 0) is 23.7 Å². The molecule has 3 rings (SSSR count). The van der Waals surface area contributed by atoms with Crippen molar-refractivity contribution in [2.75, 3.05) is 5.32 Å². The molecule has 0 fully saturated rings. The number of hydrogen-bond donors (Lipinski definition) is 2. The monoisotopic (exact) mass is 280 g/mol. The Morgan fingerprint density at radius 2 is 1.94 bits per heavy atom. The first kappa shape index (κ1) is 11.7. The number of nitrogens with one attached hydrogen (secondary N) is 2. The molecule has 0 bridgehead atoms. The third-order valence-electron chi connectivity index (χ3n) is 2.79. The maximum Gasteiger partial charge on any atom is 0.224 e. The summed E-state index contributed by atoms with van der Waals surface area (Å²) in [6.07, 6.45) is 0. The molecular weight excluding hydrogens is 271 g/mol. The van der Waals surface area contributed by atoms with Crippen LogP contribution in [0.5, 0.6) is 0 Å². The molecule has 18 heavy (non-hydrogen) atoms. The van der Waals surface area contributed by atoms with Crippen LogP contribution in [0.15, 0.2) is 24.3 Å². The van der Waals surface area contributed by atoms with Crippen molar-refractivity contribution >= 4 is 34.7 Å². The van der Waals surface area contributed by atoms with Gasteiger partial charge in [0.25, 0.3) is 0 Å². The normalized spacial score (nSPS) is 13.4. The lowest BCUT2D eigenvalue weighted by Crippen LogP contribution is -2.03. The number of aromatic nitrogens is 2. The highest BCUT2D eigenvalue weighted by Gasteiger charge is 2.18. The summed E-state index contributed by atoms with van der Waals surface area (Å²) in [4.78, 5) is 8.42. The van der Waals surface area contributed by atoms with Crippen molar-refractivity contribution < 1.29 is 0 Å². The summed E-state index contributed by atoms with van der Waals surface area (Å²) in [5.74, 6) is 0.711. The molecule has 1 aromatic carbocycles. The summed E-state index contributed by atoms with van der Waals surface area (Å²) >= 11 is 12.0. The molecule has 0 atom stereocenters. The first-order chi connectivity index (χ1) is 8.74. The molecule has 1 aliphatic rings. The molecule has 4 nitrogen and oxygen atoms in total. The molecule has 92 valence electrons. The minimum Gasteiger partial charge on any atom is -0.339 e. The number of fused-ring (bicyclic) bond motifs is 1. The van der Waals surface area contributed by atoms with Gasteiger partial charge in [0, 0.05) is 18.7 Å². The maximum atomic E-state index is 6.11. The third-order valence-corrected chi connectivity index (χ3v) is 3.29. The zero-order valence-corrected chi connectivity index (χ0v) is 10.9. The van der Waals surface area contributed by atoms with Crippen LogP contribution in [0.3, 0.4) is 0 Å². The van der Waals surface area contributed by atoms with Gasteiger partial charge in [-0.1, -0.05) is 23.7 Å². The second-order valence-corrected chi connectivity index (χ2v) is 4.72. The van der Waals surface area contributed by atoms with Crippen LogP contribution in [0.25, 0.3) is 0 Å². The minimum atomic E-state index is 0.243. The highest BCUT2D eigenvalue weighted by Crippen LogP contribution is 2.29. The first-order valence-electron chi connectivity index (χ1n) is 5.51. The van der Waals surface area contributed by atoms with Gasteiger partial charge in [-0.25, -0.2) is 9.97 Å². The van der Waals surface area contributed by atoms with E-state index in [-0.39, 0.29) is 5.28 Å². The van der Waals surface area contributed by atoms with Crippen LogP contribution in [0.1, 0.15) is 11.3 Å². The Morgan fingerprint density at radius 3 is 2.78 bits per heavy atom. The molecule has 6 heteroatoms. The van der Waals surface area contributed by atoms with Crippen molar-refractivity contribution in [3.8, 4) is 0 Å². The second kappa shape index (κ2) is 4.72. The summed E-state index contributed by atoms with van der Waals surface area (Å²) in [7, 11) is 0. The Balaban J connectivity index is 2.01. The van der Waals surface area contributed by atoms with E-state index < -0.39 is 0 Å². The number of halogens is 2. The SMILES string of the molecule is Clc1nc2c(c(Nc3ccccc3Cl)n1)CNC2. The highest BCUT2D eigenvalue weighted by atomic mass is 35.5. The second-order valence-electron chi connectivity index (χ2n) is 3.97. The molecule has 2 aromatic rings. The third kappa shape index (κ3) is 2.14. The first-order valence-corrected chi connectivity index (χ1v) is 6.27. The van der Waals surface area contributed by atoms with Gasteiger partial charge in [0.1, 0.15) is 5.82 Å². The molecule has 2 N–H and O–H groups in total. The molecule has 0 radical (unpaired) electrons. The van der Waals surface area contributed by atoms with Gasteiger partial charge in [-0.3, -0.25) is 0 Å². The van der Waals surface area contributed by atoms with Gasteiger partial charge >= 0.3 is 0 Å². The van der Waals surface area contributed by atoms with Gasteiger partial charge in [0.2, 0.25) is 5.28 Å². The number of para-hydroxylation sites is 1. The zero-order valence-electron chi connectivity index (χ0n) is 9.37. The Morgan fingerprint density at radius 1 is 1.11 bits per heavy atom. The van der Waals surface area contributed by atoms with Crippen LogP contribution in [0, 0.1) is 0 Å². The van der Waals surface area contributed by atoms with Crippen LogP contribution in [-0.4, -0.2) is 9.97 Å². The Hall–Kier alpha value is -1.36. The Bertz CT molecular complexity index is 601. The quantitative estimate of drug-likeness (QED) is 0.830. The number of hydrogen-bond acceptors (Lipinski definition) is 4. The average molecular weight is 281 g/mol. The van der Waals surface area contributed by atoms with E-state index in [1.807, 2.05) is 24.3 Å². The smallest absolute Gasteiger partial charge is 0.224 e. The summed E-state index contributed by atoms with van der Waals surface area (Å²) in [6.45, 7) is 1.45. The molecule has 1 aliphatic heterocycles. The average Bonchev–Trinajstić information content (AvgIpc) is 2.80. The molecular formula is C12H10Cl2N4. The van der Waals surface area contributed by atoms with Crippen molar-refractivity contribution in [2.45, 2.75) is 13.1 Å². The lowest BCUT2D eigenvalue weighted by atomic mass is 10.2. The maximum absolute atomic E-state index is 6.11. The van der Waals surface area contributed by atoms with Crippen LogP contribution < -0.4 is 10.6 Å². The highest BCUT2D eigenvalue weighted by molar-refractivity contribution is 6.33. The van der Waals surface area contributed by atoms with Crippen molar-refractivity contribution in [2.24, 2.45) is 0 Å². The van der Waals surface area contributed by atoms with E-state index in [2.05, 4.69) is 20.6 Å². The Labute approximate surface area is 114 Å². The Kier molecular flexibility index (Phi) is 3.07. The topological polar surface area (TPSA) is 49.8 Å². The molecule has 0 unspecified atom stereocenters. The number of rotatable bonds is 2. The number of nitrogens with zero attached hydrogens (tertiary/aromatic N) is 2. The van der Waals surface area contributed by atoms with Crippen molar-refractivity contribution in [1.82, 2.24) is 15.3 Å². The summed E-state index contributed by atoms with van der Waals surface area (Å²) in [5.41, 5.74) is 2.78. The van der Waals surface area contributed by atoms with E-state index in [0.717, 1.165) is 30.0 Å². The van der Waals surface area contributed by atoms with Crippen LogP contribution in [0.4, 0.5) is 11.5 Å². The predicted molar refractivity (Wildman–Crippen MR) is 72.3 cm³/mol. The largest absolute Gasteiger partial charge is 0.339 e. The molecule has 0 amide bonds. The fourth-order valence-electron chi connectivity index (χ4n) is 1.93. The van der Waals surface area contributed by atoms with Crippen LogP contribution in [-0.2, 0) is 13.1 Å². The van der Waals surface area contributed by atoms with Gasteiger partial charge in [0.05, 0.1) is 16.4 Å². The molecule has 0 spiro atoms.